The largest absolute Gasteiger partial charge is 0.390 e. The lowest BCUT2D eigenvalue weighted by molar-refractivity contribution is -0.139. The average molecular weight is 145 g/mol. The van der Waals surface area contributed by atoms with E-state index in [9.17, 15) is 5.11 Å². The Morgan fingerprint density at radius 2 is 2.30 bits per heavy atom. The molecule has 0 heterocycles. The molecule has 0 aromatic heterocycles. The van der Waals surface area contributed by atoms with Crippen LogP contribution < -0.4 is 5.73 Å². The summed E-state index contributed by atoms with van der Waals surface area (Å²) in [6.07, 6.45) is 2.52. The Balaban J connectivity index is 2.16. The van der Waals surface area contributed by atoms with Crippen molar-refractivity contribution in [2.75, 3.05) is 6.73 Å². The Labute approximate surface area is 61.2 Å². The molecule has 1 aliphatic rings. The zero-order valence-electron chi connectivity index (χ0n) is 6.34. The first-order valence-corrected chi connectivity index (χ1v) is 3.74. The summed E-state index contributed by atoms with van der Waals surface area (Å²) in [5, 5.41) is 9.49. The van der Waals surface area contributed by atoms with Crippen LogP contribution in [-0.2, 0) is 4.74 Å². The maximum Gasteiger partial charge on any atom is 0.0944 e. The summed E-state index contributed by atoms with van der Waals surface area (Å²) in [6.45, 7) is 2.25. The van der Waals surface area contributed by atoms with Crippen LogP contribution in [0.2, 0.25) is 0 Å². The van der Waals surface area contributed by atoms with Crippen LogP contribution in [0.3, 0.4) is 0 Å². The van der Waals surface area contributed by atoms with E-state index in [1.807, 2.05) is 6.92 Å². The van der Waals surface area contributed by atoms with E-state index in [1.54, 1.807) is 0 Å². The Morgan fingerprint density at radius 1 is 1.70 bits per heavy atom. The van der Waals surface area contributed by atoms with Crippen LogP contribution in [0.5, 0.6) is 0 Å². The fourth-order valence-electron chi connectivity index (χ4n) is 1.33. The molecule has 1 aliphatic carbocycles. The number of ether oxygens (including phenoxy) is 1. The van der Waals surface area contributed by atoms with Crippen LogP contribution in [0, 0.1) is 0 Å². The highest BCUT2D eigenvalue weighted by Gasteiger charge is 2.41. The van der Waals surface area contributed by atoms with Crippen LogP contribution in [0.1, 0.15) is 26.2 Å². The van der Waals surface area contributed by atoms with Crippen LogP contribution >= 0.6 is 0 Å². The van der Waals surface area contributed by atoms with Crippen molar-refractivity contribution in [3.63, 3.8) is 0 Å². The number of hydrogen-bond donors (Lipinski definition) is 2. The molecule has 0 atom stereocenters. The van der Waals surface area contributed by atoms with E-state index >= 15 is 0 Å². The van der Waals surface area contributed by atoms with Gasteiger partial charge in [-0.05, 0) is 6.42 Å². The van der Waals surface area contributed by atoms with Gasteiger partial charge in [0.2, 0.25) is 0 Å². The van der Waals surface area contributed by atoms with Gasteiger partial charge in [0.15, 0.2) is 0 Å². The van der Waals surface area contributed by atoms with Crippen LogP contribution in [0.4, 0.5) is 0 Å². The molecule has 0 bridgehead atoms. The smallest absolute Gasteiger partial charge is 0.0944 e. The first kappa shape index (κ1) is 7.98. The third-order valence-electron chi connectivity index (χ3n) is 2.21. The van der Waals surface area contributed by atoms with Gasteiger partial charge in [-0.25, -0.2) is 0 Å². The summed E-state index contributed by atoms with van der Waals surface area (Å²) < 4.78 is 5.09. The molecule has 60 valence electrons. The summed E-state index contributed by atoms with van der Waals surface area (Å²) in [5.74, 6) is 0. The molecular formula is C7H15NO2. The molecule has 3 heteroatoms. The quantitative estimate of drug-likeness (QED) is 0.559. The van der Waals surface area contributed by atoms with Crippen LogP contribution in [0.15, 0.2) is 0 Å². The van der Waals surface area contributed by atoms with Gasteiger partial charge in [0.05, 0.1) is 18.4 Å². The molecule has 1 fully saturated rings. The number of nitrogens with two attached hydrogens (primary N) is 1. The van der Waals surface area contributed by atoms with Crippen molar-refractivity contribution in [1.29, 1.82) is 0 Å². The van der Waals surface area contributed by atoms with Crippen molar-refractivity contribution in [3.8, 4) is 0 Å². The Hall–Kier alpha value is -0.120. The highest BCUT2D eigenvalue weighted by Crippen LogP contribution is 2.36. The first-order chi connectivity index (χ1) is 4.70. The molecule has 0 aromatic rings. The predicted octanol–water partition coefficient (Wildman–Crippen LogP) is 0.223. The molecule has 0 spiro atoms. The maximum atomic E-state index is 9.49. The lowest BCUT2D eigenvalue weighted by atomic mass is 9.76. The molecular weight excluding hydrogens is 130 g/mol. The van der Waals surface area contributed by atoms with Crippen LogP contribution in [0.25, 0.3) is 0 Å². The van der Waals surface area contributed by atoms with E-state index in [-0.39, 0.29) is 12.8 Å². The molecule has 0 aliphatic heterocycles. The van der Waals surface area contributed by atoms with Gasteiger partial charge in [-0.2, -0.15) is 0 Å². The van der Waals surface area contributed by atoms with Crippen molar-refractivity contribution in [2.45, 2.75) is 37.9 Å². The van der Waals surface area contributed by atoms with Crippen molar-refractivity contribution in [1.82, 2.24) is 0 Å². The Morgan fingerprint density at radius 3 is 2.70 bits per heavy atom. The molecule has 0 radical (unpaired) electrons. The fraction of sp³-hybridized carbons (Fsp3) is 1.00. The third kappa shape index (κ3) is 1.48. The standard InChI is InChI=1S/C7H15NO2/c1-2-7(9)3-6(4-7)10-5-8/h6,9H,2-5,8H2,1H3. The van der Waals surface area contributed by atoms with E-state index in [0.29, 0.717) is 0 Å². The number of aliphatic hydroxyl groups is 1. The van der Waals surface area contributed by atoms with Gasteiger partial charge in [-0.15, -0.1) is 0 Å². The molecule has 0 unspecified atom stereocenters. The maximum absolute atomic E-state index is 9.49. The average Bonchev–Trinajstić information content (AvgIpc) is 1.85. The minimum Gasteiger partial charge on any atom is -0.390 e. The zero-order chi connectivity index (χ0) is 7.61. The van der Waals surface area contributed by atoms with E-state index in [4.69, 9.17) is 10.5 Å². The summed E-state index contributed by atoms with van der Waals surface area (Å²) in [4.78, 5) is 0. The molecule has 0 saturated heterocycles. The molecule has 1 rings (SSSR count). The summed E-state index contributed by atoms with van der Waals surface area (Å²) in [7, 11) is 0. The topological polar surface area (TPSA) is 55.5 Å². The fourth-order valence-corrected chi connectivity index (χ4v) is 1.33. The number of rotatable bonds is 3. The van der Waals surface area contributed by atoms with Crippen LogP contribution in [-0.4, -0.2) is 23.5 Å². The Bertz CT molecular complexity index is 110. The lowest BCUT2D eigenvalue weighted by Crippen LogP contribution is -2.48. The van der Waals surface area contributed by atoms with Crippen molar-refractivity contribution >= 4 is 0 Å². The highest BCUT2D eigenvalue weighted by molar-refractivity contribution is 4.93. The summed E-state index contributed by atoms with van der Waals surface area (Å²) in [5.41, 5.74) is 4.72. The highest BCUT2D eigenvalue weighted by atomic mass is 16.5. The normalized spacial score (nSPS) is 39.3. The molecule has 1 saturated carbocycles. The van der Waals surface area contributed by atoms with E-state index < -0.39 is 5.60 Å². The first-order valence-electron chi connectivity index (χ1n) is 3.74. The third-order valence-corrected chi connectivity index (χ3v) is 2.21. The second-order valence-electron chi connectivity index (χ2n) is 2.94. The lowest BCUT2D eigenvalue weighted by Gasteiger charge is -2.42. The van der Waals surface area contributed by atoms with Gasteiger partial charge in [-0.3, -0.25) is 0 Å². The van der Waals surface area contributed by atoms with Crippen molar-refractivity contribution < 1.29 is 9.84 Å². The van der Waals surface area contributed by atoms with Gasteiger partial charge >= 0.3 is 0 Å². The SMILES string of the molecule is CCC1(O)CC(OCN)C1. The number of hydrogen-bond acceptors (Lipinski definition) is 3. The molecule has 0 aromatic carbocycles. The second kappa shape index (κ2) is 2.86. The molecule has 0 amide bonds. The van der Waals surface area contributed by atoms with Gasteiger partial charge in [-0.1, -0.05) is 6.92 Å². The minimum absolute atomic E-state index is 0.204. The van der Waals surface area contributed by atoms with Crippen molar-refractivity contribution in [2.24, 2.45) is 5.73 Å². The van der Waals surface area contributed by atoms with E-state index in [2.05, 4.69) is 0 Å². The van der Waals surface area contributed by atoms with Gasteiger partial charge in [0.1, 0.15) is 0 Å². The molecule has 3 nitrogen and oxygen atoms in total. The van der Waals surface area contributed by atoms with Gasteiger partial charge in [0.25, 0.3) is 0 Å². The minimum atomic E-state index is -0.445. The summed E-state index contributed by atoms with van der Waals surface area (Å²) >= 11 is 0. The van der Waals surface area contributed by atoms with Crippen molar-refractivity contribution in [3.05, 3.63) is 0 Å². The second-order valence-corrected chi connectivity index (χ2v) is 2.94. The Kier molecular flexibility index (Phi) is 2.28. The monoisotopic (exact) mass is 145 g/mol. The van der Waals surface area contributed by atoms with E-state index in [1.165, 1.54) is 0 Å². The van der Waals surface area contributed by atoms with Gasteiger partial charge < -0.3 is 15.6 Å². The van der Waals surface area contributed by atoms with Gasteiger partial charge in [0, 0.05) is 12.8 Å². The van der Waals surface area contributed by atoms with E-state index in [0.717, 1.165) is 19.3 Å². The molecule has 3 N–H and O–H groups in total. The predicted molar refractivity (Wildman–Crippen MR) is 38.4 cm³/mol. The molecule has 10 heavy (non-hydrogen) atoms. The summed E-state index contributed by atoms with van der Waals surface area (Å²) in [6, 6.07) is 0. The zero-order valence-corrected chi connectivity index (χ0v) is 6.34.